The molecule has 1 aliphatic rings. The number of hydrogen-bond acceptors (Lipinski definition) is 9. The fourth-order valence-electron chi connectivity index (χ4n) is 5.53. The molecule has 0 unspecified atom stereocenters. The van der Waals surface area contributed by atoms with E-state index in [0.717, 1.165) is 10.8 Å². The molecule has 0 N–H and O–H groups in total. The summed E-state index contributed by atoms with van der Waals surface area (Å²) < 4.78 is 24.4. The van der Waals surface area contributed by atoms with Crippen molar-refractivity contribution in [1.29, 1.82) is 0 Å². The first-order valence-corrected chi connectivity index (χ1v) is 15.3. The molecule has 2 aromatic heterocycles. The maximum absolute atomic E-state index is 14.2. The monoisotopic (exact) mass is 622 g/mol. The molecule has 3 aromatic carbocycles. The largest absolute Gasteiger partial charge is 0.496 e. The summed E-state index contributed by atoms with van der Waals surface area (Å²) in [5.74, 6) is 0.540. The van der Waals surface area contributed by atoms with Crippen molar-refractivity contribution in [1.82, 2.24) is 4.57 Å². The van der Waals surface area contributed by atoms with Crippen molar-refractivity contribution in [2.24, 2.45) is 4.99 Å². The average molecular weight is 623 g/mol. The minimum absolute atomic E-state index is 0.170. The van der Waals surface area contributed by atoms with Crippen LogP contribution >= 0.6 is 11.3 Å². The number of ether oxygens (including phenoxy) is 3. The predicted octanol–water partition coefficient (Wildman–Crippen LogP) is 5.40. The second-order valence-corrected chi connectivity index (χ2v) is 11.2. The molecule has 0 saturated heterocycles. The zero-order valence-electron chi connectivity index (χ0n) is 25.2. The summed E-state index contributed by atoms with van der Waals surface area (Å²) in [4.78, 5) is 45.0. The number of benzene rings is 3. The third kappa shape index (κ3) is 5.49. The number of rotatable bonds is 8. The van der Waals surface area contributed by atoms with Gasteiger partial charge in [-0.15, -0.1) is 0 Å². The number of methoxy groups -OCH3 is 1. The number of furan rings is 1. The van der Waals surface area contributed by atoms with Crippen molar-refractivity contribution in [3.63, 3.8) is 0 Å². The Kier molecular flexibility index (Phi) is 8.23. The first kappa shape index (κ1) is 29.8. The van der Waals surface area contributed by atoms with Crippen molar-refractivity contribution in [2.75, 3.05) is 20.3 Å². The highest BCUT2D eigenvalue weighted by atomic mass is 32.1. The number of carbonyl (C=O) groups excluding carboxylic acids is 2. The molecule has 0 spiro atoms. The molecule has 9 nitrogen and oxygen atoms in total. The third-order valence-corrected chi connectivity index (χ3v) is 8.48. The Morgan fingerprint density at radius 2 is 1.76 bits per heavy atom. The van der Waals surface area contributed by atoms with Crippen LogP contribution in [0.5, 0.6) is 5.75 Å². The van der Waals surface area contributed by atoms with E-state index in [1.165, 1.54) is 15.9 Å². The zero-order valence-corrected chi connectivity index (χ0v) is 26.0. The first-order valence-electron chi connectivity index (χ1n) is 14.5. The molecule has 0 radical (unpaired) electrons. The van der Waals surface area contributed by atoms with E-state index >= 15 is 0 Å². The van der Waals surface area contributed by atoms with E-state index in [9.17, 15) is 14.4 Å². The lowest BCUT2D eigenvalue weighted by Crippen LogP contribution is -2.40. The van der Waals surface area contributed by atoms with E-state index in [1.54, 1.807) is 64.3 Å². The average Bonchev–Trinajstić information content (AvgIpc) is 3.64. The summed E-state index contributed by atoms with van der Waals surface area (Å²) in [6, 6.07) is 21.2. The smallest absolute Gasteiger partial charge is 0.338 e. The molecule has 0 amide bonds. The fourth-order valence-corrected chi connectivity index (χ4v) is 6.56. The molecular formula is C35H30N2O7S. The lowest BCUT2D eigenvalue weighted by molar-refractivity contribution is -0.139. The summed E-state index contributed by atoms with van der Waals surface area (Å²) in [5, 5.41) is 1.78. The van der Waals surface area contributed by atoms with Crippen LogP contribution in [-0.2, 0) is 14.3 Å². The van der Waals surface area contributed by atoms with Crippen molar-refractivity contribution in [3.05, 3.63) is 121 Å². The van der Waals surface area contributed by atoms with Gasteiger partial charge in [0.15, 0.2) is 4.80 Å². The normalized spacial score (nSPS) is 14.7. The second kappa shape index (κ2) is 12.4. The highest BCUT2D eigenvalue weighted by molar-refractivity contribution is 7.07. The van der Waals surface area contributed by atoms with Gasteiger partial charge in [-0.2, -0.15) is 0 Å². The summed E-state index contributed by atoms with van der Waals surface area (Å²) in [6.45, 7) is 5.69. The van der Waals surface area contributed by atoms with Gasteiger partial charge >= 0.3 is 11.9 Å². The quantitative estimate of drug-likeness (QED) is 0.213. The van der Waals surface area contributed by atoms with Crippen LogP contribution in [0.15, 0.2) is 98.3 Å². The molecule has 3 heterocycles. The molecule has 0 fully saturated rings. The lowest BCUT2D eigenvalue weighted by Gasteiger charge is -2.27. The molecule has 6 rings (SSSR count). The molecule has 0 bridgehead atoms. The predicted molar refractivity (Wildman–Crippen MR) is 171 cm³/mol. The van der Waals surface area contributed by atoms with Gasteiger partial charge in [0, 0.05) is 17.2 Å². The van der Waals surface area contributed by atoms with Crippen molar-refractivity contribution >= 4 is 40.1 Å². The van der Waals surface area contributed by atoms with E-state index in [4.69, 9.17) is 18.6 Å². The number of thiazole rings is 1. The van der Waals surface area contributed by atoms with Gasteiger partial charge in [0.2, 0.25) is 0 Å². The number of carbonyl (C=O) groups is 2. The third-order valence-electron chi connectivity index (χ3n) is 7.50. The molecule has 5 aromatic rings. The van der Waals surface area contributed by atoms with Gasteiger partial charge in [-0.25, -0.2) is 14.6 Å². The fraction of sp³-hybridized carbons (Fsp3) is 0.200. The first-order chi connectivity index (χ1) is 21.8. The van der Waals surface area contributed by atoms with Crippen LogP contribution in [0.2, 0.25) is 0 Å². The SMILES string of the molecule is CCOC(=O)C1=C(C)N=c2s/c(=C\c3ccc(-c4cccc(C(=O)OCC)c4)o3)c(=O)n2[C@H]1c1c(OC)ccc2ccccc12. The van der Waals surface area contributed by atoms with E-state index in [-0.39, 0.29) is 24.3 Å². The Morgan fingerprint density at radius 1 is 0.978 bits per heavy atom. The molecule has 0 saturated carbocycles. The molecule has 0 aliphatic carbocycles. The minimum Gasteiger partial charge on any atom is -0.496 e. The van der Waals surface area contributed by atoms with Crippen molar-refractivity contribution in [3.8, 4) is 17.1 Å². The summed E-state index contributed by atoms with van der Waals surface area (Å²) in [6.07, 6.45) is 1.66. The number of allylic oxidation sites excluding steroid dienone is 1. The Morgan fingerprint density at radius 3 is 2.53 bits per heavy atom. The topological polar surface area (TPSA) is 109 Å². The van der Waals surface area contributed by atoms with Crippen molar-refractivity contribution < 1.29 is 28.2 Å². The van der Waals surface area contributed by atoms with E-state index in [0.29, 0.717) is 49.0 Å². The zero-order chi connectivity index (χ0) is 31.7. The second-order valence-electron chi connectivity index (χ2n) is 10.2. The number of hydrogen-bond donors (Lipinski definition) is 0. The molecule has 228 valence electrons. The van der Waals surface area contributed by atoms with Crippen molar-refractivity contribution in [2.45, 2.75) is 26.8 Å². The van der Waals surface area contributed by atoms with Gasteiger partial charge in [0.25, 0.3) is 5.56 Å². The molecular weight excluding hydrogens is 592 g/mol. The van der Waals surface area contributed by atoms with Gasteiger partial charge in [-0.1, -0.05) is 53.8 Å². The summed E-state index contributed by atoms with van der Waals surface area (Å²) >= 11 is 1.20. The van der Waals surface area contributed by atoms with E-state index in [1.807, 2.05) is 42.5 Å². The van der Waals surface area contributed by atoms with Gasteiger partial charge in [-0.05, 0) is 61.9 Å². The Bertz CT molecular complexity index is 2170. The van der Waals surface area contributed by atoms with Gasteiger partial charge in [0.1, 0.15) is 23.3 Å². The summed E-state index contributed by atoms with van der Waals surface area (Å²) in [5.41, 5.74) is 2.17. The van der Waals surface area contributed by atoms with E-state index in [2.05, 4.69) is 4.99 Å². The molecule has 1 aliphatic heterocycles. The minimum atomic E-state index is -0.846. The molecule has 45 heavy (non-hydrogen) atoms. The Balaban J connectivity index is 1.50. The van der Waals surface area contributed by atoms with Gasteiger partial charge in [-0.3, -0.25) is 9.36 Å². The van der Waals surface area contributed by atoms with Crippen LogP contribution in [-0.4, -0.2) is 36.8 Å². The van der Waals surface area contributed by atoms with Crippen LogP contribution in [0.3, 0.4) is 0 Å². The molecule has 1 atom stereocenters. The maximum atomic E-state index is 14.2. The van der Waals surface area contributed by atoms with Crippen LogP contribution in [0, 0.1) is 0 Å². The maximum Gasteiger partial charge on any atom is 0.338 e. The van der Waals surface area contributed by atoms with Gasteiger partial charge < -0.3 is 18.6 Å². The number of aromatic nitrogens is 1. The Hall–Kier alpha value is -5.22. The standard InChI is InChI=1S/C35H30N2O7S/c1-5-42-33(39)23-12-9-11-22(18-23)26-17-15-24(44-26)19-28-32(38)37-31(29(34(40)43-6-2)20(3)36-35(37)45-28)30-25-13-8-7-10-21(25)14-16-27(30)41-4/h7-19,31H,5-6H2,1-4H3/b28-19-/t31-/m1/s1. The van der Waals surface area contributed by atoms with Crippen LogP contribution in [0.1, 0.15) is 48.5 Å². The molecule has 10 heteroatoms. The number of fused-ring (bicyclic) bond motifs is 2. The highest BCUT2D eigenvalue weighted by Gasteiger charge is 2.36. The van der Waals surface area contributed by atoms with Crippen LogP contribution in [0.4, 0.5) is 0 Å². The Labute approximate surface area is 262 Å². The number of nitrogens with zero attached hydrogens (tertiary/aromatic N) is 2. The van der Waals surface area contributed by atoms with Crippen LogP contribution < -0.4 is 19.6 Å². The lowest BCUT2D eigenvalue weighted by atomic mass is 9.90. The summed E-state index contributed by atoms with van der Waals surface area (Å²) in [7, 11) is 1.56. The highest BCUT2D eigenvalue weighted by Crippen LogP contribution is 2.40. The van der Waals surface area contributed by atoms with Crippen LogP contribution in [0.25, 0.3) is 28.2 Å². The number of esters is 2. The van der Waals surface area contributed by atoms with Gasteiger partial charge in [0.05, 0.1) is 41.7 Å². The van der Waals surface area contributed by atoms with E-state index < -0.39 is 18.0 Å².